The lowest BCUT2D eigenvalue weighted by Crippen LogP contribution is -2.26. The van der Waals surface area contributed by atoms with Crippen molar-refractivity contribution in [1.82, 2.24) is 4.72 Å². The Bertz CT molecular complexity index is 601. The molecule has 1 heterocycles. The van der Waals surface area contributed by atoms with E-state index in [1.54, 1.807) is 26.0 Å². The second kappa shape index (κ2) is 6.21. The van der Waals surface area contributed by atoms with Crippen molar-refractivity contribution in [2.24, 2.45) is 5.92 Å². The van der Waals surface area contributed by atoms with E-state index in [2.05, 4.69) is 4.72 Å². The lowest BCUT2D eigenvalue weighted by atomic mass is 10.0. The molecule has 1 fully saturated rings. The average Bonchev–Trinajstić information content (AvgIpc) is 2.88. The summed E-state index contributed by atoms with van der Waals surface area (Å²) in [6, 6.07) is 4.74. The van der Waals surface area contributed by atoms with E-state index in [4.69, 9.17) is 5.73 Å². The number of benzene rings is 1. The van der Waals surface area contributed by atoms with Gasteiger partial charge in [-0.3, -0.25) is 0 Å². The quantitative estimate of drug-likeness (QED) is 0.698. The van der Waals surface area contributed by atoms with Gasteiger partial charge in [-0.15, -0.1) is 0 Å². The minimum atomic E-state index is -3.49. The van der Waals surface area contributed by atoms with Gasteiger partial charge in [0.15, 0.2) is 0 Å². The lowest BCUT2D eigenvalue weighted by molar-refractivity contribution is 0.136. The minimum Gasteiger partial charge on any atom is -0.397 e. The number of sulfonamides is 1. The molecule has 0 saturated carbocycles. The van der Waals surface area contributed by atoms with Gasteiger partial charge in [0, 0.05) is 25.6 Å². The van der Waals surface area contributed by atoms with Crippen LogP contribution in [0.5, 0.6) is 0 Å². The van der Waals surface area contributed by atoms with Gasteiger partial charge >= 0.3 is 0 Å². The Morgan fingerprint density at radius 1 is 1.52 bits per heavy atom. The number of rotatable bonds is 5. The van der Waals surface area contributed by atoms with Gasteiger partial charge in [0.1, 0.15) is 0 Å². The summed E-state index contributed by atoms with van der Waals surface area (Å²) in [4.78, 5) is 2.26. The summed E-state index contributed by atoms with van der Waals surface area (Å²) in [7, 11) is -3.49. The second-order valence-corrected chi connectivity index (χ2v) is 7.22. The molecule has 118 valence electrons. The molecule has 4 N–H and O–H groups in total. The molecule has 0 aromatic heterocycles. The van der Waals surface area contributed by atoms with Crippen LogP contribution in [0.2, 0.25) is 0 Å². The van der Waals surface area contributed by atoms with E-state index in [0.29, 0.717) is 18.8 Å². The van der Waals surface area contributed by atoms with Gasteiger partial charge < -0.3 is 15.7 Å². The number of aliphatic hydroxyl groups is 1. The highest BCUT2D eigenvalue weighted by molar-refractivity contribution is 7.89. The third-order valence-electron chi connectivity index (χ3n) is 3.89. The van der Waals surface area contributed by atoms with Crippen LogP contribution in [0.25, 0.3) is 0 Å². The van der Waals surface area contributed by atoms with Crippen LogP contribution in [0, 0.1) is 5.92 Å². The SMILES string of the molecule is CCNS(=O)(=O)c1ccc(N)c(N2CCC(C(C)O)C2)c1. The Hall–Kier alpha value is -1.31. The molecule has 21 heavy (non-hydrogen) atoms. The fraction of sp³-hybridized carbons (Fsp3) is 0.571. The van der Waals surface area contributed by atoms with Gasteiger partial charge in [0.05, 0.1) is 22.4 Å². The Morgan fingerprint density at radius 3 is 2.81 bits per heavy atom. The number of anilines is 2. The molecule has 7 heteroatoms. The number of nitrogens with one attached hydrogen (secondary N) is 1. The number of nitrogens with zero attached hydrogens (tertiary/aromatic N) is 1. The summed E-state index contributed by atoms with van der Waals surface area (Å²) in [5, 5.41) is 9.68. The molecule has 1 saturated heterocycles. The third-order valence-corrected chi connectivity index (χ3v) is 5.44. The van der Waals surface area contributed by atoms with Crippen LogP contribution in [-0.2, 0) is 10.0 Å². The Morgan fingerprint density at radius 2 is 2.24 bits per heavy atom. The summed E-state index contributed by atoms with van der Waals surface area (Å²) in [6.45, 7) is 5.32. The molecule has 2 rings (SSSR count). The summed E-state index contributed by atoms with van der Waals surface area (Å²) in [5.41, 5.74) is 7.26. The number of aliphatic hydroxyl groups excluding tert-OH is 1. The van der Waals surface area contributed by atoms with Gasteiger partial charge in [-0.1, -0.05) is 6.92 Å². The Balaban J connectivity index is 2.29. The van der Waals surface area contributed by atoms with Crippen LogP contribution in [0.4, 0.5) is 11.4 Å². The van der Waals surface area contributed by atoms with Crippen molar-refractivity contribution < 1.29 is 13.5 Å². The molecular weight excluding hydrogens is 290 g/mol. The van der Waals surface area contributed by atoms with Crippen molar-refractivity contribution >= 4 is 21.4 Å². The molecule has 1 aliphatic rings. The monoisotopic (exact) mass is 313 g/mol. The maximum Gasteiger partial charge on any atom is 0.240 e. The third kappa shape index (κ3) is 3.48. The standard InChI is InChI=1S/C14H23N3O3S/c1-3-16-21(19,20)12-4-5-13(15)14(8-12)17-7-6-11(9-17)10(2)18/h4-5,8,10-11,16,18H,3,6-7,9,15H2,1-2H3. The molecule has 0 amide bonds. The molecule has 0 spiro atoms. The van der Waals surface area contributed by atoms with Crippen molar-refractivity contribution in [2.75, 3.05) is 30.3 Å². The molecule has 0 aliphatic carbocycles. The van der Waals surface area contributed by atoms with E-state index < -0.39 is 10.0 Å². The van der Waals surface area contributed by atoms with Gasteiger partial charge in [0.2, 0.25) is 10.0 Å². The highest BCUT2D eigenvalue weighted by atomic mass is 32.2. The summed E-state index contributed by atoms with van der Waals surface area (Å²) < 4.78 is 26.6. The molecule has 0 radical (unpaired) electrons. The van der Waals surface area contributed by atoms with Gasteiger partial charge in [-0.05, 0) is 31.5 Å². The highest BCUT2D eigenvalue weighted by Gasteiger charge is 2.28. The van der Waals surface area contributed by atoms with Crippen LogP contribution in [-0.4, -0.2) is 39.3 Å². The van der Waals surface area contributed by atoms with Crippen LogP contribution in [0.3, 0.4) is 0 Å². The first-order valence-electron chi connectivity index (χ1n) is 7.17. The normalized spacial score (nSPS) is 20.7. The largest absolute Gasteiger partial charge is 0.397 e. The summed E-state index contributed by atoms with van der Waals surface area (Å²) in [5.74, 6) is 0.193. The number of nitrogens with two attached hydrogens (primary N) is 1. The molecule has 2 unspecified atom stereocenters. The molecule has 1 aromatic carbocycles. The molecule has 1 aliphatic heterocycles. The smallest absolute Gasteiger partial charge is 0.240 e. The van der Waals surface area contributed by atoms with Crippen LogP contribution in [0.15, 0.2) is 23.1 Å². The molecule has 2 atom stereocenters. The topological polar surface area (TPSA) is 95.7 Å². The Labute approximate surface area is 126 Å². The lowest BCUT2D eigenvalue weighted by Gasteiger charge is -2.22. The predicted molar refractivity (Wildman–Crippen MR) is 83.7 cm³/mol. The van der Waals surface area contributed by atoms with Gasteiger partial charge in [-0.25, -0.2) is 13.1 Å². The zero-order chi connectivity index (χ0) is 15.6. The summed E-state index contributed by atoms with van der Waals surface area (Å²) >= 11 is 0. The van der Waals surface area contributed by atoms with E-state index in [-0.39, 0.29) is 16.9 Å². The number of hydrogen-bond acceptors (Lipinski definition) is 5. The average molecular weight is 313 g/mol. The minimum absolute atomic E-state index is 0.193. The second-order valence-electron chi connectivity index (χ2n) is 5.46. The molecular formula is C14H23N3O3S. The van der Waals surface area contributed by atoms with Gasteiger partial charge in [0.25, 0.3) is 0 Å². The van der Waals surface area contributed by atoms with E-state index in [1.807, 2.05) is 4.90 Å². The van der Waals surface area contributed by atoms with E-state index >= 15 is 0 Å². The zero-order valence-corrected chi connectivity index (χ0v) is 13.2. The summed E-state index contributed by atoms with van der Waals surface area (Å²) in [6.07, 6.45) is 0.506. The Kier molecular flexibility index (Phi) is 4.75. The van der Waals surface area contributed by atoms with Crippen LogP contribution >= 0.6 is 0 Å². The first-order chi connectivity index (χ1) is 9.85. The number of nitrogen functional groups attached to an aromatic ring is 1. The highest BCUT2D eigenvalue weighted by Crippen LogP contribution is 2.32. The van der Waals surface area contributed by atoms with Gasteiger partial charge in [-0.2, -0.15) is 0 Å². The van der Waals surface area contributed by atoms with Crippen LogP contribution < -0.4 is 15.4 Å². The fourth-order valence-electron chi connectivity index (χ4n) is 2.64. The molecule has 0 bridgehead atoms. The van der Waals surface area contributed by atoms with E-state index in [0.717, 1.165) is 18.7 Å². The zero-order valence-electron chi connectivity index (χ0n) is 12.4. The first kappa shape index (κ1) is 16.1. The maximum absolute atomic E-state index is 12.1. The fourth-order valence-corrected chi connectivity index (χ4v) is 3.70. The maximum atomic E-state index is 12.1. The van der Waals surface area contributed by atoms with Crippen molar-refractivity contribution in [3.8, 4) is 0 Å². The number of hydrogen-bond donors (Lipinski definition) is 3. The molecule has 6 nitrogen and oxygen atoms in total. The van der Waals surface area contributed by atoms with Crippen molar-refractivity contribution in [2.45, 2.75) is 31.3 Å². The van der Waals surface area contributed by atoms with Crippen molar-refractivity contribution in [1.29, 1.82) is 0 Å². The van der Waals surface area contributed by atoms with E-state index in [1.165, 1.54) is 6.07 Å². The predicted octanol–water partition coefficient (Wildman–Crippen LogP) is 0.774. The van der Waals surface area contributed by atoms with E-state index in [9.17, 15) is 13.5 Å². The molecule has 1 aromatic rings. The van der Waals surface area contributed by atoms with Crippen molar-refractivity contribution in [3.05, 3.63) is 18.2 Å². The van der Waals surface area contributed by atoms with Crippen LogP contribution in [0.1, 0.15) is 20.3 Å². The first-order valence-corrected chi connectivity index (χ1v) is 8.65. The van der Waals surface area contributed by atoms with Crippen molar-refractivity contribution in [3.63, 3.8) is 0 Å².